The molecule has 3 rings (SSSR count). The number of aryl methyl sites for hydroxylation is 1. The average Bonchev–Trinajstić information content (AvgIpc) is 2.95. The quantitative estimate of drug-likeness (QED) is 0.857. The summed E-state index contributed by atoms with van der Waals surface area (Å²) >= 11 is 0. The summed E-state index contributed by atoms with van der Waals surface area (Å²) in [6.45, 7) is 3.32. The molecule has 0 bridgehead atoms. The highest BCUT2D eigenvalue weighted by Gasteiger charge is 2.28. The van der Waals surface area contributed by atoms with Crippen LogP contribution in [0.3, 0.4) is 0 Å². The van der Waals surface area contributed by atoms with Crippen LogP contribution < -0.4 is 0 Å². The summed E-state index contributed by atoms with van der Waals surface area (Å²) in [6.07, 6.45) is 6.79. The molecule has 1 aliphatic rings. The van der Waals surface area contributed by atoms with E-state index in [0.29, 0.717) is 6.61 Å². The maximum Gasteiger partial charge on any atom is 0.191 e. The first-order valence-electron chi connectivity index (χ1n) is 6.96. The number of carbonyl (C=O) groups excluding carboxylic acids is 1. The van der Waals surface area contributed by atoms with Gasteiger partial charge >= 0.3 is 0 Å². The van der Waals surface area contributed by atoms with E-state index in [1.54, 1.807) is 12.5 Å². The van der Waals surface area contributed by atoms with Gasteiger partial charge in [0, 0.05) is 24.5 Å². The number of hydrogen-bond acceptors (Lipinski definition) is 3. The molecule has 0 saturated heterocycles. The zero-order valence-electron chi connectivity index (χ0n) is 11.6. The standard InChI is InChI=1S/C16H18N2O2/c1-12-3-2-4-14-13(12)5-6-15(16(14)19)20-10-9-18-8-7-17-11-18/h2-4,7-8,11,15H,5-6,9-10H2,1H3. The van der Waals surface area contributed by atoms with Gasteiger partial charge in [0.05, 0.1) is 12.9 Å². The van der Waals surface area contributed by atoms with Crippen molar-refractivity contribution in [2.45, 2.75) is 32.4 Å². The Morgan fingerprint density at radius 2 is 2.35 bits per heavy atom. The molecule has 4 nitrogen and oxygen atoms in total. The lowest BCUT2D eigenvalue weighted by Gasteiger charge is -2.24. The third-order valence-corrected chi connectivity index (χ3v) is 3.85. The summed E-state index contributed by atoms with van der Waals surface area (Å²) in [7, 11) is 0. The highest BCUT2D eigenvalue weighted by molar-refractivity contribution is 6.02. The molecule has 1 aromatic heterocycles. The lowest BCUT2D eigenvalue weighted by Crippen LogP contribution is -2.31. The molecule has 4 heteroatoms. The first kappa shape index (κ1) is 13.1. The van der Waals surface area contributed by atoms with Crippen LogP contribution in [0.15, 0.2) is 36.9 Å². The van der Waals surface area contributed by atoms with Crippen molar-refractivity contribution in [3.63, 3.8) is 0 Å². The van der Waals surface area contributed by atoms with Gasteiger partial charge in [0.15, 0.2) is 5.78 Å². The van der Waals surface area contributed by atoms with Crippen molar-refractivity contribution in [2.24, 2.45) is 0 Å². The highest BCUT2D eigenvalue weighted by Crippen LogP contribution is 2.25. The highest BCUT2D eigenvalue weighted by atomic mass is 16.5. The molecular formula is C16H18N2O2. The van der Waals surface area contributed by atoms with Gasteiger partial charge in [-0.3, -0.25) is 4.79 Å². The van der Waals surface area contributed by atoms with E-state index in [1.165, 1.54) is 11.1 Å². The predicted octanol–water partition coefficient (Wildman–Crippen LogP) is 2.41. The Morgan fingerprint density at radius 3 is 3.15 bits per heavy atom. The maximum absolute atomic E-state index is 12.4. The van der Waals surface area contributed by atoms with Crippen molar-refractivity contribution >= 4 is 5.78 Å². The number of aromatic nitrogens is 2. The third-order valence-electron chi connectivity index (χ3n) is 3.85. The smallest absolute Gasteiger partial charge is 0.191 e. The number of Topliss-reactive ketones (excluding diaryl/α,β-unsaturated/α-hetero) is 1. The first-order valence-corrected chi connectivity index (χ1v) is 6.96. The Labute approximate surface area is 118 Å². The molecule has 1 aliphatic carbocycles. The lowest BCUT2D eigenvalue weighted by molar-refractivity contribution is 0.0328. The molecule has 0 spiro atoms. The summed E-state index contributed by atoms with van der Waals surface area (Å²) in [4.78, 5) is 16.4. The molecular weight excluding hydrogens is 252 g/mol. The Hall–Kier alpha value is -1.94. The van der Waals surface area contributed by atoms with E-state index in [-0.39, 0.29) is 11.9 Å². The third kappa shape index (κ3) is 2.51. The number of benzene rings is 1. The van der Waals surface area contributed by atoms with Crippen molar-refractivity contribution in [1.82, 2.24) is 9.55 Å². The second-order valence-electron chi connectivity index (χ2n) is 5.16. The molecule has 1 heterocycles. The first-order chi connectivity index (χ1) is 9.75. The van der Waals surface area contributed by atoms with E-state index in [1.807, 2.05) is 22.9 Å². The number of rotatable bonds is 4. The molecule has 1 aromatic carbocycles. The van der Waals surface area contributed by atoms with Crippen LogP contribution in [0.1, 0.15) is 27.9 Å². The van der Waals surface area contributed by atoms with Crippen molar-refractivity contribution < 1.29 is 9.53 Å². The monoisotopic (exact) mass is 270 g/mol. The lowest BCUT2D eigenvalue weighted by atomic mass is 9.86. The van der Waals surface area contributed by atoms with Gasteiger partial charge in [0.1, 0.15) is 6.10 Å². The number of hydrogen-bond donors (Lipinski definition) is 0. The summed E-state index contributed by atoms with van der Waals surface area (Å²) in [6, 6.07) is 5.92. The van der Waals surface area contributed by atoms with Gasteiger partial charge in [-0.15, -0.1) is 0 Å². The van der Waals surface area contributed by atoms with Crippen LogP contribution in [0.25, 0.3) is 0 Å². The number of nitrogens with zero attached hydrogens (tertiary/aromatic N) is 2. The van der Waals surface area contributed by atoms with E-state index < -0.39 is 0 Å². The minimum Gasteiger partial charge on any atom is -0.368 e. The molecule has 104 valence electrons. The van der Waals surface area contributed by atoms with Crippen LogP contribution in [-0.4, -0.2) is 28.0 Å². The van der Waals surface area contributed by atoms with Gasteiger partial charge in [-0.25, -0.2) is 4.98 Å². The SMILES string of the molecule is Cc1cccc2c1CCC(OCCn1ccnc1)C2=O. The zero-order chi connectivity index (χ0) is 13.9. The van der Waals surface area contributed by atoms with Crippen molar-refractivity contribution in [2.75, 3.05) is 6.61 Å². The van der Waals surface area contributed by atoms with Crippen LogP contribution in [0.4, 0.5) is 0 Å². The molecule has 1 unspecified atom stereocenters. The maximum atomic E-state index is 12.4. The van der Waals surface area contributed by atoms with Crippen LogP contribution in [-0.2, 0) is 17.7 Å². The minimum absolute atomic E-state index is 0.126. The van der Waals surface area contributed by atoms with Gasteiger partial charge in [0.2, 0.25) is 0 Å². The second-order valence-corrected chi connectivity index (χ2v) is 5.16. The van der Waals surface area contributed by atoms with Crippen LogP contribution in [0.5, 0.6) is 0 Å². The largest absolute Gasteiger partial charge is 0.368 e. The van der Waals surface area contributed by atoms with Gasteiger partial charge < -0.3 is 9.30 Å². The van der Waals surface area contributed by atoms with Crippen LogP contribution >= 0.6 is 0 Å². The molecule has 2 aromatic rings. The number of carbonyl (C=O) groups is 1. The molecule has 0 fully saturated rings. The number of ether oxygens (including phenoxy) is 1. The molecule has 0 aliphatic heterocycles. The molecule has 0 radical (unpaired) electrons. The topological polar surface area (TPSA) is 44.1 Å². The number of imidazole rings is 1. The summed E-state index contributed by atoms with van der Waals surface area (Å²) in [5.74, 6) is 0.126. The number of ketones is 1. The summed E-state index contributed by atoms with van der Waals surface area (Å²) in [5, 5.41) is 0. The Balaban J connectivity index is 1.64. The van der Waals surface area contributed by atoms with E-state index in [9.17, 15) is 4.79 Å². The second kappa shape index (κ2) is 5.59. The van der Waals surface area contributed by atoms with E-state index >= 15 is 0 Å². The Morgan fingerprint density at radius 1 is 1.45 bits per heavy atom. The Kier molecular flexibility index (Phi) is 3.65. The van der Waals surface area contributed by atoms with Crippen molar-refractivity contribution in [3.05, 3.63) is 53.6 Å². The van der Waals surface area contributed by atoms with Crippen molar-refractivity contribution in [1.29, 1.82) is 0 Å². The Bertz CT molecular complexity index is 605. The van der Waals surface area contributed by atoms with E-state index in [2.05, 4.69) is 18.0 Å². The van der Waals surface area contributed by atoms with Crippen LogP contribution in [0, 0.1) is 6.92 Å². The summed E-state index contributed by atoms with van der Waals surface area (Å²) < 4.78 is 7.72. The van der Waals surface area contributed by atoms with Gasteiger partial charge in [0.25, 0.3) is 0 Å². The molecule has 1 atom stereocenters. The minimum atomic E-state index is -0.298. The molecule has 0 amide bonds. The molecule has 20 heavy (non-hydrogen) atoms. The van der Waals surface area contributed by atoms with Gasteiger partial charge in [-0.05, 0) is 30.9 Å². The molecule has 0 saturated carbocycles. The van der Waals surface area contributed by atoms with E-state index in [4.69, 9.17) is 4.74 Å². The fourth-order valence-corrected chi connectivity index (χ4v) is 2.72. The summed E-state index contributed by atoms with van der Waals surface area (Å²) in [5.41, 5.74) is 3.23. The number of fused-ring (bicyclic) bond motifs is 1. The zero-order valence-corrected chi connectivity index (χ0v) is 11.6. The fourth-order valence-electron chi connectivity index (χ4n) is 2.72. The average molecular weight is 270 g/mol. The van der Waals surface area contributed by atoms with Gasteiger partial charge in [-0.1, -0.05) is 18.2 Å². The predicted molar refractivity (Wildman–Crippen MR) is 75.8 cm³/mol. The van der Waals surface area contributed by atoms with Crippen LogP contribution in [0.2, 0.25) is 0 Å². The van der Waals surface area contributed by atoms with Crippen molar-refractivity contribution in [3.8, 4) is 0 Å². The molecule has 0 N–H and O–H groups in total. The van der Waals surface area contributed by atoms with Gasteiger partial charge in [-0.2, -0.15) is 0 Å². The normalized spacial score (nSPS) is 18.1. The fraction of sp³-hybridized carbons (Fsp3) is 0.375. The van der Waals surface area contributed by atoms with E-state index in [0.717, 1.165) is 24.9 Å².